The molecule has 0 spiro atoms. The first-order valence-electron chi connectivity index (χ1n) is 5.95. The lowest BCUT2D eigenvalue weighted by molar-refractivity contribution is -0.384. The van der Waals surface area contributed by atoms with Gasteiger partial charge in [-0.3, -0.25) is 10.1 Å². The van der Waals surface area contributed by atoms with Crippen molar-refractivity contribution in [3.8, 4) is 0 Å². The summed E-state index contributed by atoms with van der Waals surface area (Å²) in [5, 5.41) is 14.0. The van der Waals surface area contributed by atoms with Gasteiger partial charge in [-0.15, -0.1) is 0 Å². The van der Waals surface area contributed by atoms with Gasteiger partial charge in [0.1, 0.15) is 6.20 Å². The number of aromatic nitrogens is 2. The van der Waals surface area contributed by atoms with E-state index < -0.39 is 4.92 Å². The van der Waals surface area contributed by atoms with E-state index in [9.17, 15) is 10.1 Å². The zero-order valence-corrected chi connectivity index (χ0v) is 11.2. The number of hydrogen-bond acceptors (Lipinski definition) is 6. The first-order valence-corrected chi connectivity index (χ1v) is 5.95. The van der Waals surface area contributed by atoms with Gasteiger partial charge in [-0.05, 0) is 20.3 Å². The summed E-state index contributed by atoms with van der Waals surface area (Å²) in [6.45, 7) is 6.66. The maximum absolute atomic E-state index is 11.0. The van der Waals surface area contributed by atoms with Gasteiger partial charge in [-0.25, -0.2) is 4.98 Å². The molecular weight excluding hydrogens is 234 g/mol. The molecule has 1 aromatic heterocycles. The topological polar surface area (TPSA) is 84.2 Å². The van der Waals surface area contributed by atoms with Crippen LogP contribution in [0.3, 0.4) is 0 Å². The molecule has 1 aromatic rings. The zero-order chi connectivity index (χ0) is 13.7. The molecule has 0 unspecified atom stereocenters. The molecule has 0 amide bonds. The van der Waals surface area contributed by atoms with Gasteiger partial charge in [0, 0.05) is 19.6 Å². The zero-order valence-electron chi connectivity index (χ0n) is 11.2. The van der Waals surface area contributed by atoms with Gasteiger partial charge >= 0.3 is 5.69 Å². The molecule has 1 rings (SSSR count). The Hall–Kier alpha value is -1.92. The molecule has 7 nitrogen and oxygen atoms in total. The Kier molecular flexibility index (Phi) is 4.82. The highest BCUT2D eigenvalue weighted by Crippen LogP contribution is 2.26. The van der Waals surface area contributed by atoms with Crippen LogP contribution in [0, 0.1) is 10.1 Å². The van der Waals surface area contributed by atoms with Gasteiger partial charge in [-0.1, -0.05) is 6.92 Å². The predicted molar refractivity (Wildman–Crippen MR) is 71.0 cm³/mol. The smallest absolute Gasteiger partial charge is 0.329 e. The second-order valence-corrected chi connectivity index (χ2v) is 4.29. The van der Waals surface area contributed by atoms with E-state index in [1.807, 2.05) is 20.8 Å². The Labute approximate surface area is 106 Å². The highest BCUT2D eigenvalue weighted by Gasteiger charge is 2.22. The highest BCUT2D eigenvalue weighted by atomic mass is 16.6. The van der Waals surface area contributed by atoms with Crippen molar-refractivity contribution in [2.75, 3.05) is 23.8 Å². The standard InChI is InChI=1S/C11H19N5O2/c1-5-6-12-11-13-7-9(16(17)18)10(14-11)15(4)8(2)3/h7-8H,5-6H2,1-4H3,(H,12,13,14). The summed E-state index contributed by atoms with van der Waals surface area (Å²) in [6.07, 6.45) is 2.19. The van der Waals surface area contributed by atoms with Crippen molar-refractivity contribution in [3.63, 3.8) is 0 Å². The van der Waals surface area contributed by atoms with Crippen LogP contribution >= 0.6 is 0 Å². The third-order valence-corrected chi connectivity index (χ3v) is 2.59. The normalized spacial score (nSPS) is 10.5. The van der Waals surface area contributed by atoms with E-state index in [1.165, 1.54) is 6.20 Å². The molecule has 0 bridgehead atoms. The predicted octanol–water partition coefficient (Wildman–Crippen LogP) is 2.05. The Balaban J connectivity index is 3.11. The van der Waals surface area contributed by atoms with E-state index in [-0.39, 0.29) is 11.7 Å². The molecular formula is C11H19N5O2. The summed E-state index contributed by atoms with van der Waals surface area (Å²) < 4.78 is 0. The molecule has 0 aromatic carbocycles. The molecule has 7 heteroatoms. The minimum atomic E-state index is -0.461. The Bertz CT molecular complexity index is 422. The average Bonchev–Trinajstić information content (AvgIpc) is 2.34. The van der Waals surface area contributed by atoms with E-state index in [4.69, 9.17) is 0 Å². The molecule has 1 heterocycles. The van der Waals surface area contributed by atoms with Crippen LogP contribution in [0.5, 0.6) is 0 Å². The monoisotopic (exact) mass is 253 g/mol. The number of rotatable bonds is 6. The molecule has 0 saturated heterocycles. The van der Waals surface area contributed by atoms with E-state index in [1.54, 1.807) is 11.9 Å². The van der Waals surface area contributed by atoms with E-state index in [2.05, 4.69) is 15.3 Å². The second kappa shape index (κ2) is 6.13. The lowest BCUT2D eigenvalue weighted by Crippen LogP contribution is -2.27. The van der Waals surface area contributed by atoms with E-state index >= 15 is 0 Å². The number of anilines is 2. The lowest BCUT2D eigenvalue weighted by atomic mass is 10.3. The molecule has 0 aliphatic rings. The first-order chi connectivity index (χ1) is 8.47. The quantitative estimate of drug-likeness (QED) is 0.617. The highest BCUT2D eigenvalue weighted by molar-refractivity contribution is 5.58. The largest absolute Gasteiger partial charge is 0.354 e. The maximum Gasteiger partial charge on any atom is 0.329 e. The van der Waals surface area contributed by atoms with Crippen LogP contribution in [0.2, 0.25) is 0 Å². The average molecular weight is 253 g/mol. The van der Waals surface area contributed by atoms with Crippen LogP contribution in [-0.4, -0.2) is 34.5 Å². The van der Waals surface area contributed by atoms with Gasteiger partial charge in [0.25, 0.3) is 0 Å². The van der Waals surface area contributed by atoms with Gasteiger partial charge in [0.05, 0.1) is 4.92 Å². The summed E-state index contributed by atoms with van der Waals surface area (Å²) in [7, 11) is 1.78. The number of nitro groups is 1. The minimum absolute atomic E-state index is 0.0757. The van der Waals surface area contributed by atoms with Crippen molar-refractivity contribution < 1.29 is 4.92 Å². The summed E-state index contributed by atoms with van der Waals surface area (Å²) in [5.41, 5.74) is -0.0757. The molecule has 18 heavy (non-hydrogen) atoms. The van der Waals surface area contributed by atoms with Crippen molar-refractivity contribution in [2.45, 2.75) is 33.2 Å². The second-order valence-electron chi connectivity index (χ2n) is 4.29. The van der Waals surface area contributed by atoms with Crippen molar-refractivity contribution >= 4 is 17.5 Å². The third kappa shape index (κ3) is 3.28. The summed E-state index contributed by atoms with van der Waals surface area (Å²) in [6, 6.07) is 0.123. The molecule has 0 aliphatic heterocycles. The van der Waals surface area contributed by atoms with Gasteiger partial charge < -0.3 is 10.2 Å². The fraction of sp³-hybridized carbons (Fsp3) is 0.636. The fourth-order valence-electron chi connectivity index (χ4n) is 1.32. The van der Waals surface area contributed by atoms with Crippen LogP contribution in [0.4, 0.5) is 17.5 Å². The van der Waals surface area contributed by atoms with Crippen LogP contribution in [0.25, 0.3) is 0 Å². The fourth-order valence-corrected chi connectivity index (χ4v) is 1.32. The van der Waals surface area contributed by atoms with Crippen molar-refractivity contribution in [1.82, 2.24) is 9.97 Å². The molecule has 100 valence electrons. The number of nitrogens with zero attached hydrogens (tertiary/aromatic N) is 4. The molecule has 0 atom stereocenters. The summed E-state index contributed by atoms with van der Waals surface area (Å²) in [4.78, 5) is 20.4. The van der Waals surface area contributed by atoms with Crippen LogP contribution < -0.4 is 10.2 Å². The molecule has 0 radical (unpaired) electrons. The Morgan fingerprint density at radius 2 is 2.22 bits per heavy atom. The number of hydrogen-bond donors (Lipinski definition) is 1. The summed E-state index contributed by atoms with van der Waals surface area (Å²) >= 11 is 0. The first kappa shape index (κ1) is 14.1. The van der Waals surface area contributed by atoms with Crippen LogP contribution in [0.1, 0.15) is 27.2 Å². The van der Waals surface area contributed by atoms with Crippen LogP contribution in [0.15, 0.2) is 6.20 Å². The molecule has 1 N–H and O–H groups in total. The van der Waals surface area contributed by atoms with Gasteiger partial charge in [0.15, 0.2) is 0 Å². The lowest BCUT2D eigenvalue weighted by Gasteiger charge is -2.22. The SMILES string of the molecule is CCCNc1ncc([N+](=O)[O-])c(N(C)C(C)C)n1. The van der Waals surface area contributed by atoms with Crippen LogP contribution in [-0.2, 0) is 0 Å². The molecule has 0 aliphatic carbocycles. The summed E-state index contributed by atoms with van der Waals surface area (Å²) in [5.74, 6) is 0.758. The van der Waals surface area contributed by atoms with Crippen molar-refractivity contribution in [2.24, 2.45) is 0 Å². The van der Waals surface area contributed by atoms with Crippen molar-refractivity contribution in [3.05, 3.63) is 16.3 Å². The Morgan fingerprint density at radius 1 is 1.56 bits per heavy atom. The number of nitrogens with one attached hydrogen (secondary N) is 1. The van der Waals surface area contributed by atoms with E-state index in [0.29, 0.717) is 11.8 Å². The Morgan fingerprint density at radius 3 is 2.72 bits per heavy atom. The maximum atomic E-state index is 11.0. The third-order valence-electron chi connectivity index (χ3n) is 2.59. The minimum Gasteiger partial charge on any atom is -0.354 e. The van der Waals surface area contributed by atoms with Gasteiger partial charge in [-0.2, -0.15) is 4.98 Å². The molecule has 0 saturated carbocycles. The van der Waals surface area contributed by atoms with Gasteiger partial charge in [0.2, 0.25) is 11.8 Å². The van der Waals surface area contributed by atoms with E-state index in [0.717, 1.165) is 13.0 Å². The van der Waals surface area contributed by atoms with Crippen molar-refractivity contribution in [1.29, 1.82) is 0 Å². The molecule has 0 fully saturated rings.